The van der Waals surface area contributed by atoms with Crippen molar-refractivity contribution in [1.82, 2.24) is 14.5 Å². The molecular weight excluding hydrogens is 362 g/mol. The van der Waals surface area contributed by atoms with E-state index in [0.29, 0.717) is 22.2 Å². The molecule has 28 heavy (non-hydrogen) atoms. The second-order valence-corrected chi connectivity index (χ2v) is 6.19. The Bertz CT molecular complexity index is 1360. The average molecular weight is 375 g/mol. The van der Waals surface area contributed by atoms with Crippen molar-refractivity contribution < 1.29 is 18.4 Å². The summed E-state index contributed by atoms with van der Waals surface area (Å²) in [6.07, 6.45) is 1.31. The van der Waals surface area contributed by atoms with Gasteiger partial charge in [0.05, 0.1) is 6.33 Å². The Morgan fingerprint density at radius 2 is 1.82 bits per heavy atom. The lowest BCUT2D eigenvalue weighted by molar-refractivity contribution is -0.146. The van der Waals surface area contributed by atoms with Crippen molar-refractivity contribution in [2.45, 2.75) is 13.2 Å². The molecule has 0 amide bonds. The second kappa shape index (κ2) is 6.34. The number of nitrogens with zero attached hydrogens (tertiary/aromatic N) is 3. The van der Waals surface area contributed by atoms with Crippen LogP contribution >= 0.6 is 0 Å². The van der Waals surface area contributed by atoms with Crippen molar-refractivity contribution in [2.75, 3.05) is 0 Å². The van der Waals surface area contributed by atoms with E-state index in [4.69, 9.17) is 13.6 Å². The van der Waals surface area contributed by atoms with Crippen molar-refractivity contribution in [3.05, 3.63) is 71.1 Å². The quantitative estimate of drug-likeness (QED) is 0.445. The summed E-state index contributed by atoms with van der Waals surface area (Å²) >= 11 is 0. The number of benzene rings is 2. The van der Waals surface area contributed by atoms with Gasteiger partial charge in [-0.1, -0.05) is 24.3 Å². The molecule has 3 heterocycles. The van der Waals surface area contributed by atoms with E-state index >= 15 is 0 Å². The first-order valence-corrected chi connectivity index (χ1v) is 8.56. The highest BCUT2D eigenvalue weighted by molar-refractivity contribution is 6.01. The minimum Gasteiger partial charge on any atom is -0.454 e. The average Bonchev–Trinajstić information content (AvgIpc) is 3.30. The van der Waals surface area contributed by atoms with E-state index in [1.165, 1.54) is 6.33 Å². The molecule has 0 aliphatic carbocycles. The molecule has 3 aromatic heterocycles. The Balaban J connectivity index is 1.35. The maximum atomic E-state index is 12.6. The highest BCUT2D eigenvalue weighted by atomic mass is 16.5. The van der Waals surface area contributed by atoms with Gasteiger partial charge in [0.1, 0.15) is 23.2 Å². The molecule has 0 aliphatic rings. The largest absolute Gasteiger partial charge is 0.454 e. The Labute approximate surface area is 157 Å². The van der Waals surface area contributed by atoms with Crippen LogP contribution in [0.15, 0.2) is 68.5 Å². The fourth-order valence-electron chi connectivity index (χ4n) is 3.04. The Morgan fingerprint density at radius 1 is 1.04 bits per heavy atom. The van der Waals surface area contributed by atoms with Crippen LogP contribution in [-0.4, -0.2) is 20.5 Å². The topological polar surface area (TPSA) is 100 Å². The summed E-state index contributed by atoms with van der Waals surface area (Å²) in [5.41, 5.74) is 2.00. The van der Waals surface area contributed by atoms with Crippen molar-refractivity contribution in [3.8, 4) is 0 Å². The molecule has 8 nitrogen and oxygen atoms in total. The van der Waals surface area contributed by atoms with E-state index in [0.717, 1.165) is 9.95 Å². The molecule has 2 aromatic carbocycles. The number of hydrogen-bond donors (Lipinski definition) is 0. The first kappa shape index (κ1) is 16.2. The fraction of sp³-hybridized carbons (Fsp3) is 0.100. The van der Waals surface area contributed by atoms with Crippen LogP contribution in [0.1, 0.15) is 5.89 Å². The van der Waals surface area contributed by atoms with Crippen LogP contribution in [-0.2, 0) is 22.7 Å². The first-order chi connectivity index (χ1) is 13.7. The first-order valence-electron chi connectivity index (χ1n) is 8.56. The summed E-state index contributed by atoms with van der Waals surface area (Å²) in [4.78, 5) is 33.3. The summed E-state index contributed by atoms with van der Waals surface area (Å²) in [5, 5.41) is 0.750. The maximum absolute atomic E-state index is 12.6. The summed E-state index contributed by atoms with van der Waals surface area (Å²) in [6, 6.07) is 14.5. The number of furan rings is 1. The van der Waals surface area contributed by atoms with Gasteiger partial charge in [-0.05, 0) is 24.3 Å². The van der Waals surface area contributed by atoms with Gasteiger partial charge in [0.15, 0.2) is 12.2 Å². The van der Waals surface area contributed by atoms with Crippen molar-refractivity contribution >= 4 is 39.1 Å². The third-order valence-corrected chi connectivity index (χ3v) is 4.34. The minimum absolute atomic E-state index is 0.107. The van der Waals surface area contributed by atoms with Crippen molar-refractivity contribution in [3.63, 3.8) is 0 Å². The monoisotopic (exact) mass is 375 g/mol. The normalized spacial score (nSPS) is 11.4. The van der Waals surface area contributed by atoms with Gasteiger partial charge < -0.3 is 13.6 Å². The van der Waals surface area contributed by atoms with E-state index in [1.54, 1.807) is 18.2 Å². The molecule has 5 rings (SSSR count). The van der Waals surface area contributed by atoms with Crippen LogP contribution in [0.5, 0.6) is 0 Å². The zero-order valence-electron chi connectivity index (χ0n) is 14.5. The van der Waals surface area contributed by atoms with Crippen LogP contribution in [0, 0.1) is 0 Å². The molecule has 0 unspecified atom stereocenters. The van der Waals surface area contributed by atoms with Crippen LogP contribution < -0.4 is 5.56 Å². The summed E-state index contributed by atoms with van der Waals surface area (Å²) in [6.45, 7) is -0.415. The third kappa shape index (κ3) is 2.71. The van der Waals surface area contributed by atoms with Gasteiger partial charge >= 0.3 is 5.97 Å². The number of carbonyl (C=O) groups is 1. The predicted octanol–water partition coefficient (Wildman–Crippen LogP) is 3.03. The summed E-state index contributed by atoms with van der Waals surface area (Å²) in [5.74, 6) is -0.325. The van der Waals surface area contributed by atoms with Gasteiger partial charge in [-0.25, -0.2) is 9.97 Å². The minimum atomic E-state index is -0.610. The number of rotatable bonds is 4. The SMILES string of the molecule is O=C(Cn1cnc2c(oc3ccccc32)c1=O)OCc1nc2ccccc2o1. The molecule has 138 valence electrons. The van der Waals surface area contributed by atoms with E-state index in [9.17, 15) is 9.59 Å². The number of fused-ring (bicyclic) bond motifs is 4. The molecule has 0 spiro atoms. The van der Waals surface area contributed by atoms with Crippen LogP contribution in [0.4, 0.5) is 0 Å². The van der Waals surface area contributed by atoms with E-state index < -0.39 is 11.5 Å². The highest BCUT2D eigenvalue weighted by Crippen LogP contribution is 2.24. The molecule has 0 aliphatic heterocycles. The zero-order chi connectivity index (χ0) is 19.1. The maximum Gasteiger partial charge on any atom is 0.326 e. The molecule has 0 fully saturated rings. The summed E-state index contributed by atoms with van der Waals surface area (Å²) in [7, 11) is 0. The number of carbonyl (C=O) groups excluding carboxylic acids is 1. The molecule has 0 bridgehead atoms. The Hall–Kier alpha value is -3.94. The van der Waals surface area contributed by atoms with Crippen molar-refractivity contribution in [1.29, 1.82) is 0 Å². The molecule has 0 saturated heterocycles. The van der Waals surface area contributed by atoms with E-state index in [-0.39, 0.29) is 24.6 Å². The fourth-order valence-corrected chi connectivity index (χ4v) is 3.04. The third-order valence-electron chi connectivity index (χ3n) is 4.34. The van der Waals surface area contributed by atoms with Gasteiger partial charge in [0.25, 0.3) is 5.56 Å². The van der Waals surface area contributed by atoms with Gasteiger partial charge in [0, 0.05) is 5.39 Å². The molecule has 5 aromatic rings. The lowest BCUT2D eigenvalue weighted by Gasteiger charge is -2.04. The smallest absolute Gasteiger partial charge is 0.326 e. The van der Waals surface area contributed by atoms with Gasteiger partial charge in [-0.3, -0.25) is 14.2 Å². The van der Waals surface area contributed by atoms with Gasteiger partial charge in [0.2, 0.25) is 11.5 Å². The highest BCUT2D eigenvalue weighted by Gasteiger charge is 2.15. The summed E-state index contributed by atoms with van der Waals surface area (Å²) < 4.78 is 17.4. The second-order valence-electron chi connectivity index (χ2n) is 6.19. The molecule has 0 N–H and O–H groups in total. The van der Waals surface area contributed by atoms with Crippen LogP contribution in [0.2, 0.25) is 0 Å². The Kier molecular flexibility index (Phi) is 3.68. The van der Waals surface area contributed by atoms with Crippen LogP contribution in [0.3, 0.4) is 0 Å². The number of aromatic nitrogens is 3. The number of ether oxygens (including phenoxy) is 1. The van der Waals surface area contributed by atoms with E-state index in [1.807, 2.05) is 30.3 Å². The molecule has 8 heteroatoms. The zero-order valence-corrected chi connectivity index (χ0v) is 14.5. The molecule has 0 saturated carbocycles. The Morgan fingerprint density at radius 3 is 2.68 bits per heavy atom. The number of para-hydroxylation sites is 3. The van der Waals surface area contributed by atoms with Gasteiger partial charge in [-0.2, -0.15) is 0 Å². The van der Waals surface area contributed by atoms with Crippen molar-refractivity contribution in [2.24, 2.45) is 0 Å². The van der Waals surface area contributed by atoms with Gasteiger partial charge in [-0.15, -0.1) is 0 Å². The van der Waals surface area contributed by atoms with Crippen LogP contribution in [0.25, 0.3) is 33.2 Å². The number of oxazole rings is 1. The lowest BCUT2D eigenvalue weighted by atomic mass is 10.2. The molecule has 0 atom stereocenters. The number of hydrogen-bond acceptors (Lipinski definition) is 7. The van der Waals surface area contributed by atoms with E-state index in [2.05, 4.69) is 9.97 Å². The predicted molar refractivity (Wildman–Crippen MR) is 99.6 cm³/mol. The standard InChI is InChI=1S/C20H13N3O5/c24-17(26-10-16-22-13-6-2-4-8-15(13)27-16)9-23-11-21-18-12-5-1-3-7-14(12)28-19(18)20(23)25/h1-8,11H,9-10H2. The number of esters is 1. The molecule has 0 radical (unpaired) electrons. The lowest BCUT2D eigenvalue weighted by Crippen LogP contribution is -2.25. The molecular formula is C20H13N3O5.